The van der Waals surface area contributed by atoms with Crippen molar-refractivity contribution in [1.82, 2.24) is 24.8 Å². The molecule has 1 N–H and O–H groups in total. The molecule has 3 rings (SSSR count). The molecule has 0 unspecified atom stereocenters. The summed E-state index contributed by atoms with van der Waals surface area (Å²) >= 11 is 5.82. The molecular weight excluding hydrogens is 302 g/mol. The van der Waals surface area contributed by atoms with Crippen LogP contribution in [0.1, 0.15) is 29.3 Å². The number of rotatable bonds is 3. The number of pyridine rings is 1. The number of nitrogens with zero attached hydrogens (tertiary/aromatic N) is 4. The van der Waals surface area contributed by atoms with E-state index in [4.69, 9.17) is 11.6 Å². The highest BCUT2D eigenvalue weighted by Gasteiger charge is 2.31. The van der Waals surface area contributed by atoms with Gasteiger partial charge in [0.05, 0.1) is 11.1 Å². The predicted octanol–water partition coefficient (Wildman–Crippen LogP) is 1.98. The minimum absolute atomic E-state index is 0.0658. The van der Waals surface area contributed by atoms with E-state index in [0.29, 0.717) is 23.8 Å². The standard InChI is InChI=1S/C15H18ClN5O/c1-2-20-7-8-21(10-13(20)14-17-5-6-18-14)15(22)12-4-3-11(16)9-19-12/h3-6,9,13H,2,7-8,10H2,1H3,(H,17,18)/t13-/m1/s1. The Balaban J connectivity index is 1.78. The maximum atomic E-state index is 12.6. The van der Waals surface area contributed by atoms with Gasteiger partial charge in [0.1, 0.15) is 11.5 Å². The quantitative estimate of drug-likeness (QED) is 0.939. The van der Waals surface area contributed by atoms with Gasteiger partial charge in [0.2, 0.25) is 0 Å². The number of hydrogen-bond donors (Lipinski definition) is 1. The zero-order valence-corrected chi connectivity index (χ0v) is 13.1. The molecule has 0 bridgehead atoms. The average Bonchev–Trinajstić information content (AvgIpc) is 3.08. The lowest BCUT2D eigenvalue weighted by molar-refractivity contribution is 0.0475. The van der Waals surface area contributed by atoms with Gasteiger partial charge in [-0.1, -0.05) is 18.5 Å². The van der Waals surface area contributed by atoms with E-state index in [0.717, 1.165) is 18.9 Å². The fourth-order valence-corrected chi connectivity index (χ4v) is 2.88. The lowest BCUT2D eigenvalue weighted by atomic mass is 10.1. The third kappa shape index (κ3) is 2.98. The fraction of sp³-hybridized carbons (Fsp3) is 0.400. The van der Waals surface area contributed by atoms with Crippen molar-refractivity contribution in [3.8, 4) is 0 Å². The summed E-state index contributed by atoms with van der Waals surface area (Å²) in [5, 5.41) is 0.529. The van der Waals surface area contributed by atoms with E-state index in [1.807, 2.05) is 11.1 Å². The molecule has 0 aliphatic carbocycles. The summed E-state index contributed by atoms with van der Waals surface area (Å²) in [6, 6.07) is 3.44. The lowest BCUT2D eigenvalue weighted by Crippen LogP contribution is -2.50. The minimum Gasteiger partial charge on any atom is -0.347 e. The Kier molecular flexibility index (Phi) is 4.40. The highest BCUT2D eigenvalue weighted by Crippen LogP contribution is 2.23. The second-order valence-corrected chi connectivity index (χ2v) is 5.67. The highest BCUT2D eigenvalue weighted by atomic mass is 35.5. The molecule has 0 saturated carbocycles. The van der Waals surface area contributed by atoms with Crippen LogP contribution < -0.4 is 0 Å². The van der Waals surface area contributed by atoms with Gasteiger partial charge in [0.15, 0.2) is 0 Å². The molecule has 0 radical (unpaired) electrons. The number of carbonyl (C=O) groups excluding carboxylic acids is 1. The SMILES string of the molecule is CCN1CCN(C(=O)c2ccc(Cl)cn2)C[C@@H]1c1ncc[nH]1. The highest BCUT2D eigenvalue weighted by molar-refractivity contribution is 6.30. The van der Waals surface area contributed by atoms with Crippen LogP contribution in [0, 0.1) is 0 Å². The molecule has 1 atom stereocenters. The monoisotopic (exact) mass is 319 g/mol. The van der Waals surface area contributed by atoms with Crippen molar-refractivity contribution in [2.75, 3.05) is 26.2 Å². The molecule has 1 amide bonds. The van der Waals surface area contributed by atoms with Gasteiger partial charge < -0.3 is 9.88 Å². The average molecular weight is 320 g/mol. The maximum absolute atomic E-state index is 12.6. The van der Waals surface area contributed by atoms with E-state index >= 15 is 0 Å². The van der Waals surface area contributed by atoms with Gasteiger partial charge in [0, 0.05) is 38.2 Å². The smallest absolute Gasteiger partial charge is 0.272 e. The Hall–Kier alpha value is -1.92. The van der Waals surface area contributed by atoms with Crippen molar-refractivity contribution >= 4 is 17.5 Å². The molecule has 1 fully saturated rings. The zero-order valence-electron chi connectivity index (χ0n) is 12.4. The topological polar surface area (TPSA) is 65.1 Å². The van der Waals surface area contributed by atoms with E-state index in [-0.39, 0.29) is 11.9 Å². The Labute approximate surface area is 134 Å². The summed E-state index contributed by atoms with van der Waals surface area (Å²) in [7, 11) is 0. The van der Waals surface area contributed by atoms with E-state index in [1.165, 1.54) is 6.20 Å². The normalized spacial score (nSPS) is 19.4. The Morgan fingerprint density at radius 3 is 2.91 bits per heavy atom. The van der Waals surface area contributed by atoms with E-state index in [1.54, 1.807) is 18.3 Å². The van der Waals surface area contributed by atoms with Gasteiger partial charge in [0.25, 0.3) is 5.91 Å². The third-order valence-electron chi connectivity index (χ3n) is 3.97. The number of aromatic amines is 1. The number of amides is 1. The van der Waals surface area contributed by atoms with Crippen LogP contribution >= 0.6 is 11.6 Å². The van der Waals surface area contributed by atoms with E-state index in [9.17, 15) is 4.79 Å². The van der Waals surface area contributed by atoms with Crippen LogP contribution in [0.4, 0.5) is 0 Å². The molecule has 3 heterocycles. The van der Waals surface area contributed by atoms with Gasteiger partial charge in [-0.2, -0.15) is 0 Å². The maximum Gasteiger partial charge on any atom is 0.272 e. The molecule has 1 saturated heterocycles. The van der Waals surface area contributed by atoms with E-state index < -0.39 is 0 Å². The number of piperazine rings is 1. The van der Waals surface area contributed by atoms with Crippen LogP contribution in [0.25, 0.3) is 0 Å². The Morgan fingerprint density at radius 2 is 2.27 bits per heavy atom. The van der Waals surface area contributed by atoms with Crippen LogP contribution in [-0.2, 0) is 0 Å². The molecule has 2 aromatic heterocycles. The molecule has 7 heteroatoms. The molecule has 22 heavy (non-hydrogen) atoms. The Morgan fingerprint density at radius 1 is 1.41 bits per heavy atom. The van der Waals surface area contributed by atoms with Crippen molar-refractivity contribution in [1.29, 1.82) is 0 Å². The van der Waals surface area contributed by atoms with Gasteiger partial charge >= 0.3 is 0 Å². The summed E-state index contributed by atoms with van der Waals surface area (Å²) in [6.45, 7) is 5.15. The van der Waals surface area contributed by atoms with Crippen molar-refractivity contribution in [2.24, 2.45) is 0 Å². The number of hydrogen-bond acceptors (Lipinski definition) is 4. The first-order valence-corrected chi connectivity index (χ1v) is 7.71. The molecule has 6 nitrogen and oxygen atoms in total. The van der Waals surface area contributed by atoms with Crippen molar-refractivity contribution < 1.29 is 4.79 Å². The first-order valence-electron chi connectivity index (χ1n) is 7.33. The van der Waals surface area contributed by atoms with Crippen LogP contribution in [-0.4, -0.2) is 56.8 Å². The minimum atomic E-state index is -0.0658. The first kappa shape index (κ1) is 15.0. The molecule has 2 aromatic rings. The number of aromatic nitrogens is 3. The van der Waals surface area contributed by atoms with Crippen molar-refractivity contribution in [3.05, 3.63) is 47.3 Å². The number of carbonyl (C=O) groups is 1. The summed E-state index contributed by atoms with van der Waals surface area (Å²) in [4.78, 5) is 28.4. The summed E-state index contributed by atoms with van der Waals surface area (Å²) in [5.41, 5.74) is 0.424. The second-order valence-electron chi connectivity index (χ2n) is 5.23. The van der Waals surface area contributed by atoms with Crippen LogP contribution in [0.5, 0.6) is 0 Å². The number of likely N-dealkylation sites (N-methyl/N-ethyl adjacent to an activating group) is 1. The lowest BCUT2D eigenvalue weighted by Gasteiger charge is -2.39. The molecule has 0 aromatic carbocycles. The predicted molar refractivity (Wildman–Crippen MR) is 83.7 cm³/mol. The zero-order chi connectivity index (χ0) is 15.5. The number of imidazole rings is 1. The second kappa shape index (κ2) is 6.46. The number of halogens is 1. The van der Waals surface area contributed by atoms with Crippen molar-refractivity contribution in [2.45, 2.75) is 13.0 Å². The van der Waals surface area contributed by atoms with Crippen LogP contribution in [0.2, 0.25) is 5.02 Å². The molecule has 0 spiro atoms. The van der Waals surface area contributed by atoms with Crippen LogP contribution in [0.15, 0.2) is 30.7 Å². The van der Waals surface area contributed by atoms with Crippen LogP contribution in [0.3, 0.4) is 0 Å². The van der Waals surface area contributed by atoms with E-state index in [2.05, 4.69) is 26.8 Å². The molecule has 1 aliphatic heterocycles. The number of nitrogens with one attached hydrogen (secondary N) is 1. The van der Waals surface area contributed by atoms with Gasteiger partial charge in [-0.15, -0.1) is 0 Å². The van der Waals surface area contributed by atoms with Gasteiger partial charge in [-0.3, -0.25) is 9.69 Å². The first-order chi connectivity index (χ1) is 10.7. The molecule has 116 valence electrons. The summed E-state index contributed by atoms with van der Waals surface area (Å²) in [5.74, 6) is 0.826. The van der Waals surface area contributed by atoms with Gasteiger partial charge in [-0.05, 0) is 18.7 Å². The summed E-state index contributed by atoms with van der Waals surface area (Å²) < 4.78 is 0. The molecule has 1 aliphatic rings. The number of H-pyrrole nitrogens is 1. The summed E-state index contributed by atoms with van der Waals surface area (Å²) in [6.07, 6.45) is 5.05. The third-order valence-corrected chi connectivity index (χ3v) is 4.19. The van der Waals surface area contributed by atoms with Crippen molar-refractivity contribution in [3.63, 3.8) is 0 Å². The fourth-order valence-electron chi connectivity index (χ4n) is 2.77. The van der Waals surface area contributed by atoms with Gasteiger partial charge in [-0.25, -0.2) is 9.97 Å². The molecular formula is C15H18ClN5O. The largest absolute Gasteiger partial charge is 0.347 e. The Bertz CT molecular complexity index is 628.